The molecule has 4 nitrogen and oxygen atoms in total. The van der Waals surface area contributed by atoms with Crippen LogP contribution in [0.5, 0.6) is 0 Å². The van der Waals surface area contributed by atoms with Crippen molar-refractivity contribution in [3.8, 4) is 0 Å². The lowest BCUT2D eigenvalue weighted by molar-refractivity contribution is -0.120. The number of benzene rings is 1. The molecule has 98 valence electrons. The smallest absolute Gasteiger partial charge is 0.224 e. The first-order valence-corrected chi connectivity index (χ1v) is 6.36. The molecule has 2 rings (SSSR count). The largest absolute Gasteiger partial charge is 0.391 e. The van der Waals surface area contributed by atoms with E-state index in [1.165, 1.54) is 5.56 Å². The third-order valence-corrected chi connectivity index (χ3v) is 3.35. The summed E-state index contributed by atoms with van der Waals surface area (Å²) in [5, 5.41) is 15.6. The Morgan fingerprint density at radius 3 is 2.72 bits per heavy atom. The van der Waals surface area contributed by atoms with Gasteiger partial charge in [-0.05, 0) is 12.5 Å². The normalized spacial score (nSPS) is 23.0. The predicted octanol–water partition coefficient (Wildman–Crippen LogP) is 0.234. The van der Waals surface area contributed by atoms with Crippen LogP contribution in [0.4, 0.5) is 0 Å². The van der Waals surface area contributed by atoms with Gasteiger partial charge in [0.2, 0.25) is 5.91 Å². The first kappa shape index (κ1) is 13.1. The SMILES string of the molecule is Cc1ccc(CC(=O)NCC2CNCC2O)cc1. The van der Waals surface area contributed by atoms with Crippen molar-refractivity contribution in [3.63, 3.8) is 0 Å². The van der Waals surface area contributed by atoms with Gasteiger partial charge in [0.15, 0.2) is 0 Å². The van der Waals surface area contributed by atoms with E-state index in [4.69, 9.17) is 0 Å². The zero-order valence-corrected chi connectivity index (χ0v) is 10.6. The molecular formula is C14H20N2O2. The van der Waals surface area contributed by atoms with E-state index in [1.807, 2.05) is 31.2 Å². The summed E-state index contributed by atoms with van der Waals surface area (Å²) in [6.45, 7) is 3.96. The number of amides is 1. The average molecular weight is 248 g/mol. The molecule has 1 aromatic carbocycles. The molecule has 1 aliphatic rings. The fourth-order valence-corrected chi connectivity index (χ4v) is 2.13. The molecule has 1 aromatic rings. The van der Waals surface area contributed by atoms with Crippen LogP contribution in [0.3, 0.4) is 0 Å². The summed E-state index contributed by atoms with van der Waals surface area (Å²) in [5.41, 5.74) is 2.21. The molecule has 1 saturated heterocycles. The van der Waals surface area contributed by atoms with Crippen molar-refractivity contribution in [2.24, 2.45) is 5.92 Å². The van der Waals surface area contributed by atoms with E-state index in [9.17, 15) is 9.90 Å². The molecule has 2 unspecified atom stereocenters. The lowest BCUT2D eigenvalue weighted by Crippen LogP contribution is -2.35. The molecule has 3 N–H and O–H groups in total. The Balaban J connectivity index is 1.76. The van der Waals surface area contributed by atoms with Crippen LogP contribution in [0, 0.1) is 12.8 Å². The maximum atomic E-state index is 11.7. The number of aliphatic hydroxyl groups excluding tert-OH is 1. The van der Waals surface area contributed by atoms with Crippen molar-refractivity contribution in [1.29, 1.82) is 0 Å². The molecule has 4 heteroatoms. The van der Waals surface area contributed by atoms with Gasteiger partial charge >= 0.3 is 0 Å². The molecule has 0 saturated carbocycles. The number of hydrogen-bond donors (Lipinski definition) is 3. The molecular weight excluding hydrogens is 228 g/mol. The van der Waals surface area contributed by atoms with Crippen LogP contribution in [0.2, 0.25) is 0 Å². The summed E-state index contributed by atoms with van der Waals surface area (Å²) < 4.78 is 0. The highest BCUT2D eigenvalue weighted by molar-refractivity contribution is 5.78. The number of aliphatic hydroxyl groups is 1. The van der Waals surface area contributed by atoms with Gasteiger partial charge in [0.05, 0.1) is 12.5 Å². The van der Waals surface area contributed by atoms with Gasteiger partial charge in [-0.2, -0.15) is 0 Å². The predicted molar refractivity (Wildman–Crippen MR) is 70.3 cm³/mol. The van der Waals surface area contributed by atoms with E-state index in [0.29, 0.717) is 19.5 Å². The van der Waals surface area contributed by atoms with Crippen molar-refractivity contribution < 1.29 is 9.90 Å². The van der Waals surface area contributed by atoms with Crippen LogP contribution in [0.25, 0.3) is 0 Å². The van der Waals surface area contributed by atoms with E-state index in [0.717, 1.165) is 12.1 Å². The summed E-state index contributed by atoms with van der Waals surface area (Å²) >= 11 is 0. The molecule has 1 aliphatic heterocycles. The topological polar surface area (TPSA) is 61.4 Å². The van der Waals surface area contributed by atoms with Gasteiger partial charge in [-0.25, -0.2) is 0 Å². The number of carbonyl (C=O) groups is 1. The molecule has 0 spiro atoms. The molecule has 1 heterocycles. The van der Waals surface area contributed by atoms with Gasteiger partial charge in [-0.3, -0.25) is 4.79 Å². The van der Waals surface area contributed by atoms with Gasteiger partial charge in [0, 0.05) is 25.6 Å². The number of rotatable bonds is 4. The summed E-state index contributed by atoms with van der Waals surface area (Å²) in [5.74, 6) is 0.143. The van der Waals surface area contributed by atoms with E-state index in [-0.39, 0.29) is 17.9 Å². The molecule has 1 fully saturated rings. The highest BCUT2D eigenvalue weighted by Crippen LogP contribution is 2.07. The summed E-state index contributed by atoms with van der Waals surface area (Å²) in [4.78, 5) is 11.7. The van der Waals surface area contributed by atoms with Crippen LogP contribution in [0.15, 0.2) is 24.3 Å². The first-order valence-electron chi connectivity index (χ1n) is 6.36. The Bertz CT molecular complexity index is 403. The minimum Gasteiger partial charge on any atom is -0.391 e. The van der Waals surface area contributed by atoms with E-state index >= 15 is 0 Å². The summed E-state index contributed by atoms with van der Waals surface area (Å²) in [6, 6.07) is 7.96. The van der Waals surface area contributed by atoms with Crippen LogP contribution in [-0.4, -0.2) is 36.8 Å². The zero-order chi connectivity index (χ0) is 13.0. The van der Waals surface area contributed by atoms with Crippen molar-refractivity contribution >= 4 is 5.91 Å². The minimum absolute atomic E-state index is 0.0120. The number of carbonyl (C=O) groups excluding carboxylic acids is 1. The molecule has 1 amide bonds. The molecule has 0 radical (unpaired) electrons. The van der Waals surface area contributed by atoms with Crippen LogP contribution < -0.4 is 10.6 Å². The Hall–Kier alpha value is -1.39. The van der Waals surface area contributed by atoms with Gasteiger partial charge in [-0.1, -0.05) is 29.8 Å². The first-order chi connectivity index (χ1) is 8.65. The summed E-state index contributed by atoms with van der Waals surface area (Å²) in [7, 11) is 0. The van der Waals surface area contributed by atoms with Gasteiger partial charge < -0.3 is 15.7 Å². The fourth-order valence-electron chi connectivity index (χ4n) is 2.13. The molecule has 2 atom stereocenters. The minimum atomic E-state index is -0.343. The second kappa shape index (κ2) is 5.98. The molecule has 0 aliphatic carbocycles. The zero-order valence-electron chi connectivity index (χ0n) is 10.6. The maximum absolute atomic E-state index is 11.7. The van der Waals surface area contributed by atoms with Crippen molar-refractivity contribution in [2.45, 2.75) is 19.4 Å². The third kappa shape index (κ3) is 3.55. The quantitative estimate of drug-likeness (QED) is 0.715. The van der Waals surface area contributed by atoms with E-state index in [2.05, 4.69) is 10.6 Å². The van der Waals surface area contributed by atoms with Gasteiger partial charge in [-0.15, -0.1) is 0 Å². The molecule has 0 bridgehead atoms. The second-order valence-electron chi connectivity index (χ2n) is 4.95. The number of β-amino-alcohol motifs (C(OH)–C–C–N with tert-alkyl or cyclic N) is 1. The van der Waals surface area contributed by atoms with E-state index in [1.54, 1.807) is 0 Å². The lowest BCUT2D eigenvalue weighted by Gasteiger charge is -2.14. The Labute approximate surface area is 107 Å². The summed E-state index contributed by atoms with van der Waals surface area (Å²) in [6.07, 6.45) is 0.0564. The average Bonchev–Trinajstić information content (AvgIpc) is 2.75. The van der Waals surface area contributed by atoms with Crippen molar-refractivity contribution in [1.82, 2.24) is 10.6 Å². The Kier molecular flexibility index (Phi) is 4.33. The van der Waals surface area contributed by atoms with Crippen molar-refractivity contribution in [3.05, 3.63) is 35.4 Å². The standard InChI is InChI=1S/C14H20N2O2/c1-10-2-4-11(5-3-10)6-14(18)16-8-12-7-15-9-13(12)17/h2-5,12-13,15,17H,6-9H2,1H3,(H,16,18). The van der Waals surface area contributed by atoms with Crippen LogP contribution in [0.1, 0.15) is 11.1 Å². The van der Waals surface area contributed by atoms with Gasteiger partial charge in [0.25, 0.3) is 0 Å². The second-order valence-corrected chi connectivity index (χ2v) is 4.95. The maximum Gasteiger partial charge on any atom is 0.224 e. The van der Waals surface area contributed by atoms with Crippen LogP contribution >= 0.6 is 0 Å². The number of nitrogens with one attached hydrogen (secondary N) is 2. The Morgan fingerprint density at radius 2 is 2.11 bits per heavy atom. The molecule has 0 aromatic heterocycles. The lowest BCUT2D eigenvalue weighted by atomic mass is 10.1. The van der Waals surface area contributed by atoms with Gasteiger partial charge in [0.1, 0.15) is 0 Å². The Morgan fingerprint density at radius 1 is 1.39 bits per heavy atom. The third-order valence-electron chi connectivity index (χ3n) is 3.35. The van der Waals surface area contributed by atoms with Crippen LogP contribution in [-0.2, 0) is 11.2 Å². The van der Waals surface area contributed by atoms with Crippen molar-refractivity contribution in [2.75, 3.05) is 19.6 Å². The molecule has 18 heavy (non-hydrogen) atoms. The highest BCUT2D eigenvalue weighted by atomic mass is 16.3. The van der Waals surface area contributed by atoms with E-state index < -0.39 is 0 Å². The number of aryl methyl sites for hydroxylation is 1. The fraction of sp³-hybridized carbons (Fsp3) is 0.500. The monoisotopic (exact) mass is 248 g/mol. The highest BCUT2D eigenvalue weighted by Gasteiger charge is 2.24. The number of hydrogen-bond acceptors (Lipinski definition) is 3.